The van der Waals surface area contributed by atoms with Crippen LogP contribution in [0, 0.1) is 11.8 Å². The van der Waals surface area contributed by atoms with Crippen LogP contribution in [0.15, 0.2) is 42.0 Å². The Morgan fingerprint density at radius 1 is 1.04 bits per heavy atom. The SMILES string of the molecule is O=C(CCc1ccccc1)CC(C(=O)O)C(=CC1CCCCC1)C(=O)O. The number of carboxylic acid groups (broad SMARTS) is 2. The average molecular weight is 358 g/mol. The summed E-state index contributed by atoms with van der Waals surface area (Å²) in [5.74, 6) is -3.90. The van der Waals surface area contributed by atoms with Crippen LogP contribution in [0.2, 0.25) is 0 Å². The lowest BCUT2D eigenvalue weighted by atomic mass is 9.84. The molecule has 1 unspecified atom stereocenters. The van der Waals surface area contributed by atoms with Gasteiger partial charge in [-0.1, -0.05) is 55.7 Å². The number of carbonyl (C=O) groups is 3. The Balaban J connectivity index is 2.04. The Bertz CT molecular complexity index is 656. The molecule has 1 saturated carbocycles. The van der Waals surface area contributed by atoms with Crippen LogP contribution in [0.1, 0.15) is 50.5 Å². The van der Waals surface area contributed by atoms with Crippen molar-refractivity contribution in [3.8, 4) is 0 Å². The largest absolute Gasteiger partial charge is 0.481 e. The summed E-state index contributed by atoms with van der Waals surface area (Å²) in [6, 6.07) is 9.48. The fraction of sp³-hybridized carbons (Fsp3) is 0.476. The molecule has 0 amide bonds. The van der Waals surface area contributed by atoms with Gasteiger partial charge in [0.15, 0.2) is 0 Å². The number of hydrogen-bond donors (Lipinski definition) is 2. The number of carbonyl (C=O) groups excluding carboxylic acids is 1. The molecule has 0 aliphatic heterocycles. The molecule has 1 atom stereocenters. The maximum atomic E-state index is 12.3. The maximum absolute atomic E-state index is 12.3. The molecule has 0 bridgehead atoms. The minimum Gasteiger partial charge on any atom is -0.481 e. The van der Waals surface area contributed by atoms with Gasteiger partial charge in [-0.25, -0.2) is 4.79 Å². The second-order valence-corrected chi connectivity index (χ2v) is 6.94. The topological polar surface area (TPSA) is 91.7 Å². The van der Waals surface area contributed by atoms with Crippen molar-refractivity contribution < 1.29 is 24.6 Å². The molecule has 0 radical (unpaired) electrons. The van der Waals surface area contributed by atoms with Crippen molar-refractivity contribution in [1.29, 1.82) is 0 Å². The number of hydrogen-bond acceptors (Lipinski definition) is 3. The van der Waals surface area contributed by atoms with Crippen molar-refractivity contribution in [1.82, 2.24) is 0 Å². The summed E-state index contributed by atoms with van der Waals surface area (Å²) in [6.45, 7) is 0. The molecular weight excluding hydrogens is 332 g/mol. The van der Waals surface area contributed by atoms with Gasteiger partial charge in [0, 0.05) is 18.4 Å². The molecule has 1 fully saturated rings. The van der Waals surface area contributed by atoms with E-state index in [-0.39, 0.29) is 30.1 Å². The number of rotatable bonds is 9. The highest BCUT2D eigenvalue weighted by atomic mass is 16.4. The van der Waals surface area contributed by atoms with E-state index in [2.05, 4.69) is 0 Å². The fourth-order valence-corrected chi connectivity index (χ4v) is 3.48. The van der Waals surface area contributed by atoms with Crippen LogP contribution in [0.4, 0.5) is 0 Å². The van der Waals surface area contributed by atoms with Crippen molar-refractivity contribution in [2.24, 2.45) is 11.8 Å². The summed E-state index contributed by atoms with van der Waals surface area (Å²) >= 11 is 0. The average Bonchev–Trinajstić information content (AvgIpc) is 2.64. The number of aryl methyl sites for hydroxylation is 1. The molecule has 0 aromatic heterocycles. The Kier molecular flexibility index (Phi) is 7.57. The molecule has 1 aromatic rings. The van der Waals surface area contributed by atoms with Crippen LogP contribution >= 0.6 is 0 Å². The highest BCUT2D eigenvalue weighted by Gasteiger charge is 2.30. The van der Waals surface area contributed by atoms with E-state index in [9.17, 15) is 24.6 Å². The maximum Gasteiger partial charge on any atom is 0.332 e. The van der Waals surface area contributed by atoms with E-state index < -0.39 is 17.9 Å². The lowest BCUT2D eigenvalue weighted by Crippen LogP contribution is -2.25. The Hall–Kier alpha value is -2.43. The summed E-state index contributed by atoms with van der Waals surface area (Å²) in [5.41, 5.74) is 0.862. The molecule has 1 aliphatic carbocycles. The van der Waals surface area contributed by atoms with Gasteiger partial charge in [0.2, 0.25) is 0 Å². The summed E-state index contributed by atoms with van der Waals surface area (Å²) in [5, 5.41) is 19.0. The number of aliphatic carboxylic acids is 2. The first-order chi connectivity index (χ1) is 12.5. The Morgan fingerprint density at radius 3 is 2.27 bits per heavy atom. The molecule has 0 spiro atoms. The van der Waals surface area contributed by atoms with Crippen LogP contribution < -0.4 is 0 Å². The Labute approximate surface area is 153 Å². The van der Waals surface area contributed by atoms with Gasteiger partial charge >= 0.3 is 11.9 Å². The fourth-order valence-electron chi connectivity index (χ4n) is 3.48. The zero-order valence-corrected chi connectivity index (χ0v) is 14.9. The van der Waals surface area contributed by atoms with Gasteiger partial charge in [0.05, 0.1) is 5.92 Å². The smallest absolute Gasteiger partial charge is 0.332 e. The van der Waals surface area contributed by atoms with Crippen LogP contribution in [-0.2, 0) is 20.8 Å². The number of ketones is 1. The molecule has 1 aliphatic rings. The number of Topliss-reactive ketones (excluding diaryl/α,β-unsaturated/α-hetero) is 1. The van der Waals surface area contributed by atoms with Gasteiger partial charge in [0.25, 0.3) is 0 Å². The van der Waals surface area contributed by atoms with Gasteiger partial charge in [-0.05, 0) is 30.7 Å². The first-order valence-corrected chi connectivity index (χ1v) is 9.21. The van der Waals surface area contributed by atoms with Gasteiger partial charge in [-0.15, -0.1) is 0 Å². The van der Waals surface area contributed by atoms with Crippen LogP contribution in [0.25, 0.3) is 0 Å². The highest BCUT2D eigenvalue weighted by molar-refractivity contribution is 5.96. The van der Waals surface area contributed by atoms with E-state index in [1.54, 1.807) is 6.08 Å². The standard InChI is InChI=1S/C21H26O5/c22-17(12-11-15-7-3-1-4-8-15)14-19(21(25)26)18(20(23)24)13-16-9-5-2-6-10-16/h1,3-4,7-8,13,16,19H,2,5-6,9-12,14H2,(H,23,24)(H,25,26). The van der Waals surface area contributed by atoms with E-state index in [0.717, 1.165) is 37.7 Å². The van der Waals surface area contributed by atoms with Crippen LogP contribution in [0.5, 0.6) is 0 Å². The zero-order valence-electron chi connectivity index (χ0n) is 14.9. The van der Waals surface area contributed by atoms with Crippen LogP contribution in [0.3, 0.4) is 0 Å². The van der Waals surface area contributed by atoms with Crippen LogP contribution in [-0.4, -0.2) is 27.9 Å². The summed E-state index contributed by atoms with van der Waals surface area (Å²) < 4.78 is 0. The molecule has 0 saturated heterocycles. The molecule has 5 nitrogen and oxygen atoms in total. The lowest BCUT2D eigenvalue weighted by molar-refractivity contribution is -0.145. The predicted octanol–water partition coefficient (Wildman–Crippen LogP) is 3.87. The van der Waals surface area contributed by atoms with E-state index in [4.69, 9.17) is 0 Å². The van der Waals surface area contributed by atoms with Crippen molar-refractivity contribution in [3.63, 3.8) is 0 Å². The quantitative estimate of drug-likeness (QED) is 0.654. The predicted molar refractivity (Wildman–Crippen MR) is 97.8 cm³/mol. The molecule has 140 valence electrons. The molecule has 0 heterocycles. The third kappa shape index (κ3) is 6.14. The lowest BCUT2D eigenvalue weighted by Gasteiger charge is -2.21. The summed E-state index contributed by atoms with van der Waals surface area (Å²) in [6.07, 6.45) is 7.01. The van der Waals surface area contributed by atoms with Gasteiger partial charge in [-0.3, -0.25) is 9.59 Å². The second kappa shape index (κ2) is 9.90. The third-order valence-corrected chi connectivity index (χ3v) is 4.95. The molecular formula is C21H26O5. The third-order valence-electron chi connectivity index (χ3n) is 4.95. The van der Waals surface area contributed by atoms with Crippen molar-refractivity contribution in [2.45, 2.75) is 51.4 Å². The van der Waals surface area contributed by atoms with Gasteiger partial charge in [-0.2, -0.15) is 0 Å². The number of benzene rings is 1. The first kappa shape index (κ1) is 19.9. The highest BCUT2D eigenvalue weighted by Crippen LogP contribution is 2.28. The molecule has 2 N–H and O–H groups in total. The molecule has 26 heavy (non-hydrogen) atoms. The van der Waals surface area contributed by atoms with E-state index >= 15 is 0 Å². The van der Waals surface area contributed by atoms with Crippen molar-refractivity contribution in [3.05, 3.63) is 47.5 Å². The summed E-state index contributed by atoms with van der Waals surface area (Å²) in [4.78, 5) is 35.5. The Morgan fingerprint density at radius 2 is 1.69 bits per heavy atom. The minimum atomic E-state index is -1.28. The van der Waals surface area contributed by atoms with E-state index in [0.29, 0.717) is 6.42 Å². The normalized spacial score (nSPS) is 16.8. The zero-order chi connectivity index (χ0) is 18.9. The molecule has 2 rings (SSSR count). The number of carboxylic acids is 2. The second-order valence-electron chi connectivity index (χ2n) is 6.94. The van der Waals surface area contributed by atoms with E-state index in [1.165, 1.54) is 0 Å². The first-order valence-electron chi connectivity index (χ1n) is 9.21. The number of allylic oxidation sites excluding steroid dienone is 1. The van der Waals surface area contributed by atoms with Crippen molar-refractivity contribution >= 4 is 17.7 Å². The van der Waals surface area contributed by atoms with E-state index in [1.807, 2.05) is 30.3 Å². The molecule has 1 aromatic carbocycles. The van der Waals surface area contributed by atoms with Crippen molar-refractivity contribution in [2.75, 3.05) is 0 Å². The summed E-state index contributed by atoms with van der Waals surface area (Å²) in [7, 11) is 0. The van der Waals surface area contributed by atoms with Gasteiger partial charge in [0.1, 0.15) is 5.78 Å². The monoisotopic (exact) mass is 358 g/mol. The molecule has 5 heteroatoms. The minimum absolute atomic E-state index is 0.0936. The van der Waals surface area contributed by atoms with Gasteiger partial charge < -0.3 is 10.2 Å².